The fourth-order valence-electron chi connectivity index (χ4n) is 3.49. The van der Waals surface area contributed by atoms with E-state index < -0.39 is 10.0 Å². The van der Waals surface area contributed by atoms with Crippen molar-refractivity contribution in [1.29, 1.82) is 5.26 Å². The van der Waals surface area contributed by atoms with Crippen LogP contribution in [0.4, 0.5) is 17.5 Å². The number of rotatable bonds is 11. The van der Waals surface area contributed by atoms with E-state index >= 15 is 0 Å². The maximum absolute atomic E-state index is 12.6. The van der Waals surface area contributed by atoms with Crippen LogP contribution in [-0.2, 0) is 10.0 Å². The normalized spacial score (nSPS) is 14.6. The summed E-state index contributed by atoms with van der Waals surface area (Å²) in [6.45, 7) is 6.01. The molecule has 0 atom stereocenters. The summed E-state index contributed by atoms with van der Waals surface area (Å²) in [4.78, 5) is 11.1. The molecule has 1 saturated heterocycles. The van der Waals surface area contributed by atoms with E-state index in [1.807, 2.05) is 0 Å². The number of hydrogen-bond donors (Lipinski definition) is 3. The van der Waals surface area contributed by atoms with E-state index in [1.165, 1.54) is 25.5 Å². The van der Waals surface area contributed by atoms with E-state index in [1.54, 1.807) is 24.3 Å². The molecule has 0 aliphatic carbocycles. The number of unbranched alkanes of at least 4 members (excludes halogenated alkanes) is 1. The molecule has 9 nitrogen and oxygen atoms in total. The van der Waals surface area contributed by atoms with Gasteiger partial charge in [-0.25, -0.2) is 18.1 Å². The lowest BCUT2D eigenvalue weighted by molar-refractivity contribution is 0.233. The number of hydrogen-bond acceptors (Lipinski definition) is 8. The molecule has 2 aromatic rings. The van der Waals surface area contributed by atoms with Gasteiger partial charge in [-0.2, -0.15) is 10.2 Å². The number of likely N-dealkylation sites (tertiary alicyclic amines) is 1. The lowest BCUT2D eigenvalue weighted by atomic mass is 10.1. The highest BCUT2D eigenvalue weighted by Crippen LogP contribution is 2.19. The van der Waals surface area contributed by atoms with Crippen molar-refractivity contribution in [2.24, 2.45) is 0 Å². The van der Waals surface area contributed by atoms with E-state index in [2.05, 4.69) is 43.2 Å². The third kappa shape index (κ3) is 6.88. The molecule has 0 unspecified atom stereocenters. The van der Waals surface area contributed by atoms with Gasteiger partial charge in [0.1, 0.15) is 17.5 Å². The minimum absolute atomic E-state index is 0.212. The van der Waals surface area contributed by atoms with E-state index in [9.17, 15) is 13.7 Å². The highest BCUT2D eigenvalue weighted by atomic mass is 32.2. The second kappa shape index (κ2) is 11.8. The van der Waals surface area contributed by atoms with Gasteiger partial charge in [0.25, 0.3) is 0 Å². The Bertz CT molecular complexity index is 1010. The summed E-state index contributed by atoms with van der Waals surface area (Å²) >= 11 is 0. The van der Waals surface area contributed by atoms with Crippen molar-refractivity contribution in [2.45, 2.75) is 43.9 Å². The van der Waals surface area contributed by atoms with Gasteiger partial charge in [0.2, 0.25) is 16.0 Å². The Labute approximate surface area is 190 Å². The Morgan fingerprint density at radius 1 is 1.12 bits per heavy atom. The van der Waals surface area contributed by atoms with Crippen LogP contribution in [0.15, 0.2) is 35.4 Å². The quantitative estimate of drug-likeness (QED) is 0.440. The third-order valence-corrected chi connectivity index (χ3v) is 6.80. The topological polar surface area (TPSA) is 123 Å². The first-order valence-corrected chi connectivity index (χ1v) is 12.6. The molecule has 3 N–H and O–H groups in total. The van der Waals surface area contributed by atoms with E-state index in [4.69, 9.17) is 0 Å². The molecule has 1 aliphatic rings. The molecule has 0 radical (unpaired) electrons. The van der Waals surface area contributed by atoms with Crippen LogP contribution in [0.2, 0.25) is 0 Å². The van der Waals surface area contributed by atoms with Crippen LogP contribution < -0.4 is 15.4 Å². The van der Waals surface area contributed by atoms with Crippen LogP contribution in [0, 0.1) is 11.3 Å². The molecule has 0 amide bonds. The zero-order valence-electron chi connectivity index (χ0n) is 18.5. The molecule has 172 valence electrons. The fourth-order valence-corrected chi connectivity index (χ4v) is 4.51. The van der Waals surface area contributed by atoms with Crippen molar-refractivity contribution in [3.05, 3.63) is 36.0 Å². The van der Waals surface area contributed by atoms with Gasteiger partial charge in [0.15, 0.2) is 0 Å². The molecule has 0 spiro atoms. The van der Waals surface area contributed by atoms with Crippen molar-refractivity contribution in [3.63, 3.8) is 0 Å². The highest BCUT2D eigenvalue weighted by molar-refractivity contribution is 7.89. The molecular weight excluding hydrogens is 426 g/mol. The summed E-state index contributed by atoms with van der Waals surface area (Å²) in [5, 5.41) is 15.5. The van der Waals surface area contributed by atoms with E-state index in [-0.39, 0.29) is 4.90 Å². The maximum Gasteiger partial charge on any atom is 0.240 e. The average molecular weight is 458 g/mol. The average Bonchev–Trinajstić information content (AvgIpc) is 2.80. The first-order valence-electron chi connectivity index (χ1n) is 11.1. The predicted octanol–water partition coefficient (Wildman–Crippen LogP) is 3.07. The Hall–Kier alpha value is -2.74. The largest absolute Gasteiger partial charge is 0.369 e. The predicted molar refractivity (Wildman–Crippen MR) is 125 cm³/mol. The summed E-state index contributed by atoms with van der Waals surface area (Å²) in [5.74, 6) is 0.814. The second-order valence-corrected chi connectivity index (χ2v) is 9.56. The summed E-state index contributed by atoms with van der Waals surface area (Å²) in [5.41, 5.74) is 1.03. The number of nitrogens with zero attached hydrogens (tertiary/aromatic N) is 4. The van der Waals surface area contributed by atoms with Crippen LogP contribution >= 0.6 is 0 Å². The minimum atomic E-state index is -3.56. The summed E-state index contributed by atoms with van der Waals surface area (Å²) in [6.07, 6.45) is 7.09. The third-order valence-electron chi connectivity index (χ3n) is 5.32. The van der Waals surface area contributed by atoms with Gasteiger partial charge in [-0.1, -0.05) is 19.8 Å². The standard InChI is InChI=1S/C22H31N7O2S/c1-2-3-11-24-21-18(16-23)17-25-22(28-21)27-19-7-9-20(10-8-19)32(30,31)26-12-15-29-13-5-4-6-14-29/h7-10,17,26H,2-6,11-15H2,1H3,(H2,24,25,27,28). The van der Waals surface area contributed by atoms with Crippen LogP contribution in [0.25, 0.3) is 0 Å². The molecule has 1 fully saturated rings. The molecule has 10 heteroatoms. The minimum Gasteiger partial charge on any atom is -0.369 e. The van der Waals surface area contributed by atoms with Crippen molar-refractivity contribution >= 4 is 27.5 Å². The van der Waals surface area contributed by atoms with Crippen molar-refractivity contribution in [1.82, 2.24) is 19.6 Å². The molecule has 2 heterocycles. The second-order valence-electron chi connectivity index (χ2n) is 7.80. The van der Waals surface area contributed by atoms with Gasteiger partial charge in [0.05, 0.1) is 11.1 Å². The SMILES string of the molecule is CCCCNc1nc(Nc2ccc(S(=O)(=O)NCCN3CCCCC3)cc2)ncc1C#N. The zero-order chi connectivity index (χ0) is 22.8. The molecular formula is C22H31N7O2S. The zero-order valence-corrected chi connectivity index (χ0v) is 19.3. The van der Waals surface area contributed by atoms with Crippen molar-refractivity contribution < 1.29 is 8.42 Å². The number of nitriles is 1. The highest BCUT2D eigenvalue weighted by Gasteiger charge is 2.15. The molecule has 1 aliphatic heterocycles. The fraction of sp³-hybridized carbons (Fsp3) is 0.500. The van der Waals surface area contributed by atoms with Gasteiger partial charge in [-0.05, 0) is 56.6 Å². The van der Waals surface area contributed by atoms with Gasteiger partial charge < -0.3 is 15.5 Å². The Morgan fingerprint density at radius 2 is 1.88 bits per heavy atom. The first-order chi connectivity index (χ1) is 15.5. The van der Waals surface area contributed by atoms with E-state index in [0.717, 1.165) is 39.0 Å². The lowest BCUT2D eigenvalue weighted by Gasteiger charge is -2.26. The number of aromatic nitrogens is 2. The molecule has 0 saturated carbocycles. The summed E-state index contributed by atoms with van der Waals surface area (Å²) in [7, 11) is -3.56. The van der Waals surface area contributed by atoms with Crippen LogP contribution in [0.3, 0.4) is 0 Å². The maximum atomic E-state index is 12.6. The Kier molecular flexibility index (Phi) is 8.79. The van der Waals surface area contributed by atoms with Crippen molar-refractivity contribution in [2.75, 3.05) is 43.4 Å². The molecule has 0 bridgehead atoms. The molecule has 3 rings (SSSR count). The van der Waals surface area contributed by atoms with E-state index in [0.29, 0.717) is 29.6 Å². The number of anilines is 3. The number of sulfonamides is 1. The van der Waals surface area contributed by atoms with Gasteiger partial charge in [0, 0.05) is 25.3 Å². The Balaban J connectivity index is 1.58. The van der Waals surface area contributed by atoms with Crippen LogP contribution in [-0.4, -0.2) is 56.0 Å². The smallest absolute Gasteiger partial charge is 0.240 e. The lowest BCUT2D eigenvalue weighted by Crippen LogP contribution is -2.37. The molecule has 32 heavy (non-hydrogen) atoms. The molecule has 1 aromatic carbocycles. The van der Waals surface area contributed by atoms with Gasteiger partial charge in [-0.15, -0.1) is 0 Å². The summed E-state index contributed by atoms with van der Waals surface area (Å²) < 4.78 is 27.8. The van der Waals surface area contributed by atoms with Gasteiger partial charge >= 0.3 is 0 Å². The number of benzene rings is 1. The van der Waals surface area contributed by atoms with Crippen LogP contribution in [0.1, 0.15) is 44.6 Å². The monoisotopic (exact) mass is 457 g/mol. The molecule has 1 aromatic heterocycles. The Morgan fingerprint density at radius 3 is 2.56 bits per heavy atom. The van der Waals surface area contributed by atoms with Crippen molar-refractivity contribution in [3.8, 4) is 6.07 Å². The number of piperidine rings is 1. The number of nitrogens with one attached hydrogen (secondary N) is 3. The first kappa shape index (κ1) is 23.9. The van der Waals surface area contributed by atoms with Gasteiger partial charge in [-0.3, -0.25) is 0 Å². The van der Waals surface area contributed by atoms with Crippen LogP contribution in [0.5, 0.6) is 0 Å². The summed E-state index contributed by atoms with van der Waals surface area (Å²) in [6, 6.07) is 8.53.